The highest BCUT2D eigenvalue weighted by Crippen LogP contribution is 2.31. The van der Waals surface area contributed by atoms with E-state index in [1.54, 1.807) is 18.2 Å². The normalized spacial score (nSPS) is 18.1. The van der Waals surface area contributed by atoms with Gasteiger partial charge in [-0.25, -0.2) is 4.39 Å². The van der Waals surface area contributed by atoms with Gasteiger partial charge in [-0.15, -0.1) is 0 Å². The first-order valence-corrected chi connectivity index (χ1v) is 5.55. The Morgan fingerprint density at radius 2 is 1.88 bits per heavy atom. The topological polar surface area (TPSA) is 32.3 Å². The predicted octanol–water partition coefficient (Wildman–Crippen LogP) is 2.72. The summed E-state index contributed by atoms with van der Waals surface area (Å²) in [5.74, 6) is 0.0583. The average Bonchev–Trinajstić information content (AvgIpc) is 2.73. The molecule has 3 heteroatoms. The number of phenolic OH excluding ortho intramolecular Hbond substituents is 1. The Balaban J connectivity index is 2.01. The number of hydrogen-bond acceptors (Lipinski definition) is 2. The van der Waals surface area contributed by atoms with Crippen molar-refractivity contribution in [2.45, 2.75) is 12.6 Å². The lowest BCUT2D eigenvalue weighted by Gasteiger charge is -2.12. The largest absolute Gasteiger partial charge is 0.508 e. The molecular formula is C14H12FNO. The fourth-order valence-corrected chi connectivity index (χ4v) is 2.30. The van der Waals surface area contributed by atoms with Crippen LogP contribution in [0.15, 0.2) is 42.5 Å². The van der Waals surface area contributed by atoms with Crippen LogP contribution in [0, 0.1) is 5.82 Å². The fourth-order valence-electron chi connectivity index (χ4n) is 2.30. The summed E-state index contributed by atoms with van der Waals surface area (Å²) in [5.41, 5.74) is 3.19. The molecule has 1 heterocycles. The van der Waals surface area contributed by atoms with Crippen LogP contribution in [0.2, 0.25) is 0 Å². The van der Waals surface area contributed by atoms with Gasteiger partial charge in [0.2, 0.25) is 0 Å². The summed E-state index contributed by atoms with van der Waals surface area (Å²) in [5, 5.41) is 12.6. The van der Waals surface area contributed by atoms with E-state index in [4.69, 9.17) is 0 Å². The van der Waals surface area contributed by atoms with Gasteiger partial charge >= 0.3 is 0 Å². The quantitative estimate of drug-likeness (QED) is 0.788. The van der Waals surface area contributed by atoms with Crippen LogP contribution in [0.1, 0.15) is 22.7 Å². The van der Waals surface area contributed by atoms with Gasteiger partial charge in [0.15, 0.2) is 0 Å². The predicted molar refractivity (Wildman–Crippen MR) is 63.2 cm³/mol. The number of nitrogens with one attached hydrogen (secondary N) is 1. The van der Waals surface area contributed by atoms with Crippen LogP contribution in [0.3, 0.4) is 0 Å². The second kappa shape index (κ2) is 3.86. The molecule has 0 spiro atoms. The monoisotopic (exact) mass is 229 g/mol. The number of phenols is 1. The van der Waals surface area contributed by atoms with Crippen LogP contribution < -0.4 is 5.32 Å². The van der Waals surface area contributed by atoms with Crippen molar-refractivity contribution >= 4 is 0 Å². The molecule has 0 saturated heterocycles. The molecule has 0 amide bonds. The van der Waals surface area contributed by atoms with Crippen LogP contribution in [0.4, 0.5) is 4.39 Å². The minimum atomic E-state index is -0.197. The van der Waals surface area contributed by atoms with E-state index in [0.29, 0.717) is 6.54 Å². The maximum Gasteiger partial charge on any atom is 0.123 e. The molecule has 0 bridgehead atoms. The van der Waals surface area contributed by atoms with Crippen molar-refractivity contribution in [3.8, 4) is 5.75 Å². The molecule has 2 nitrogen and oxygen atoms in total. The second-order valence-electron chi connectivity index (χ2n) is 4.25. The molecule has 2 aromatic carbocycles. The molecule has 1 aliphatic rings. The molecule has 0 fully saturated rings. The van der Waals surface area contributed by atoms with Gasteiger partial charge in [0.05, 0.1) is 6.04 Å². The number of rotatable bonds is 1. The lowest BCUT2D eigenvalue weighted by Crippen LogP contribution is -2.12. The van der Waals surface area contributed by atoms with E-state index in [0.717, 1.165) is 16.7 Å². The summed E-state index contributed by atoms with van der Waals surface area (Å²) in [6.07, 6.45) is 0. The van der Waals surface area contributed by atoms with Gasteiger partial charge in [-0.2, -0.15) is 0 Å². The van der Waals surface area contributed by atoms with E-state index >= 15 is 0 Å². The van der Waals surface area contributed by atoms with Crippen molar-refractivity contribution < 1.29 is 9.50 Å². The molecule has 0 radical (unpaired) electrons. The van der Waals surface area contributed by atoms with Crippen LogP contribution in [0.5, 0.6) is 5.75 Å². The zero-order valence-corrected chi connectivity index (χ0v) is 9.15. The van der Waals surface area contributed by atoms with Crippen LogP contribution in [-0.2, 0) is 6.54 Å². The molecule has 0 saturated carbocycles. The highest BCUT2D eigenvalue weighted by molar-refractivity contribution is 5.42. The summed E-state index contributed by atoms with van der Waals surface area (Å²) < 4.78 is 13.1. The molecule has 2 N–H and O–H groups in total. The minimum Gasteiger partial charge on any atom is -0.508 e. The number of aromatic hydroxyl groups is 1. The number of halogens is 1. The van der Waals surface area contributed by atoms with E-state index < -0.39 is 0 Å². The van der Waals surface area contributed by atoms with E-state index in [1.165, 1.54) is 6.07 Å². The first-order chi connectivity index (χ1) is 8.24. The highest BCUT2D eigenvalue weighted by Gasteiger charge is 2.23. The van der Waals surface area contributed by atoms with Crippen molar-refractivity contribution in [1.29, 1.82) is 0 Å². The third-order valence-electron chi connectivity index (χ3n) is 3.14. The van der Waals surface area contributed by atoms with Gasteiger partial charge in [-0.05, 0) is 41.0 Å². The summed E-state index contributed by atoms with van der Waals surface area (Å²) in [6.45, 7) is 0.679. The molecule has 2 aromatic rings. The summed E-state index contributed by atoms with van der Waals surface area (Å²) in [7, 11) is 0. The molecule has 1 atom stereocenters. The smallest absolute Gasteiger partial charge is 0.123 e. The van der Waals surface area contributed by atoms with Crippen molar-refractivity contribution in [3.63, 3.8) is 0 Å². The van der Waals surface area contributed by atoms with Gasteiger partial charge in [0.1, 0.15) is 11.6 Å². The Labute approximate surface area is 98.7 Å². The Morgan fingerprint density at radius 1 is 1.12 bits per heavy atom. The van der Waals surface area contributed by atoms with Gasteiger partial charge < -0.3 is 10.4 Å². The maximum absolute atomic E-state index is 13.1. The zero-order chi connectivity index (χ0) is 11.8. The first-order valence-electron chi connectivity index (χ1n) is 5.55. The molecule has 0 aromatic heterocycles. The zero-order valence-electron chi connectivity index (χ0n) is 9.15. The van der Waals surface area contributed by atoms with Gasteiger partial charge in [0, 0.05) is 6.54 Å². The second-order valence-corrected chi connectivity index (χ2v) is 4.25. The Bertz CT molecular complexity index is 551. The van der Waals surface area contributed by atoms with E-state index in [1.807, 2.05) is 18.2 Å². The molecule has 3 rings (SSSR count). The van der Waals surface area contributed by atoms with Crippen LogP contribution in [0.25, 0.3) is 0 Å². The van der Waals surface area contributed by atoms with Gasteiger partial charge in [0.25, 0.3) is 0 Å². The van der Waals surface area contributed by atoms with Gasteiger partial charge in [-0.3, -0.25) is 0 Å². The lowest BCUT2D eigenvalue weighted by molar-refractivity contribution is 0.475. The van der Waals surface area contributed by atoms with Crippen molar-refractivity contribution in [3.05, 3.63) is 65.0 Å². The Morgan fingerprint density at radius 3 is 2.65 bits per heavy atom. The first kappa shape index (κ1) is 10.3. The number of fused-ring (bicyclic) bond motifs is 1. The lowest BCUT2D eigenvalue weighted by atomic mass is 9.98. The molecule has 17 heavy (non-hydrogen) atoms. The third kappa shape index (κ3) is 1.78. The van der Waals surface area contributed by atoms with E-state index in [2.05, 4.69) is 5.32 Å². The van der Waals surface area contributed by atoms with Crippen LogP contribution >= 0.6 is 0 Å². The van der Waals surface area contributed by atoms with Crippen molar-refractivity contribution in [2.75, 3.05) is 0 Å². The molecule has 1 aliphatic heterocycles. The standard InChI is InChI=1S/C14H12FNO/c15-11-3-6-13-10(7-11)8-16-14(13)9-1-4-12(17)5-2-9/h1-7,14,16-17H,8H2. The Kier molecular flexibility index (Phi) is 2.34. The average molecular weight is 229 g/mol. The summed E-state index contributed by atoms with van der Waals surface area (Å²) >= 11 is 0. The number of benzene rings is 2. The highest BCUT2D eigenvalue weighted by atomic mass is 19.1. The molecule has 0 aliphatic carbocycles. The maximum atomic E-state index is 13.1. The summed E-state index contributed by atoms with van der Waals surface area (Å²) in [4.78, 5) is 0. The van der Waals surface area contributed by atoms with Crippen molar-refractivity contribution in [1.82, 2.24) is 5.32 Å². The third-order valence-corrected chi connectivity index (χ3v) is 3.14. The minimum absolute atomic E-state index is 0.0891. The van der Waals surface area contributed by atoms with E-state index in [9.17, 15) is 9.50 Å². The molecule has 86 valence electrons. The van der Waals surface area contributed by atoms with Crippen LogP contribution in [-0.4, -0.2) is 5.11 Å². The molecule has 1 unspecified atom stereocenters. The van der Waals surface area contributed by atoms with Crippen molar-refractivity contribution in [2.24, 2.45) is 0 Å². The Hall–Kier alpha value is -1.87. The fraction of sp³-hybridized carbons (Fsp3) is 0.143. The molecular weight excluding hydrogens is 217 g/mol. The number of hydrogen-bond donors (Lipinski definition) is 2. The SMILES string of the molecule is Oc1ccc(C2NCc3cc(F)ccc32)cc1. The summed E-state index contributed by atoms with van der Waals surface area (Å²) in [6, 6.07) is 12.1. The van der Waals surface area contributed by atoms with E-state index in [-0.39, 0.29) is 17.6 Å². The van der Waals surface area contributed by atoms with Gasteiger partial charge in [-0.1, -0.05) is 18.2 Å².